The highest BCUT2D eigenvalue weighted by Gasteiger charge is 2.17. The minimum Gasteiger partial charge on any atom is -0.376 e. The van der Waals surface area contributed by atoms with Gasteiger partial charge in [-0.25, -0.2) is 0 Å². The van der Waals surface area contributed by atoms with Crippen LogP contribution in [-0.2, 0) is 9.53 Å². The summed E-state index contributed by atoms with van der Waals surface area (Å²) in [5.41, 5.74) is 1.54. The first-order valence-corrected chi connectivity index (χ1v) is 9.93. The number of carbonyl (C=O) groups excluding carboxylic acids is 1. The lowest BCUT2D eigenvalue weighted by atomic mass is 10.2. The van der Waals surface area contributed by atoms with Crippen LogP contribution in [0.15, 0.2) is 34.8 Å². The Morgan fingerprint density at radius 2 is 2.36 bits per heavy atom. The highest BCUT2D eigenvalue weighted by Crippen LogP contribution is 2.24. The molecule has 4 heterocycles. The highest BCUT2D eigenvalue weighted by atomic mass is 32.2. The number of aromatic nitrogens is 4. The van der Waals surface area contributed by atoms with Gasteiger partial charge in [-0.1, -0.05) is 17.8 Å². The molecule has 4 rings (SSSR count). The molecule has 0 spiro atoms. The molecule has 1 fully saturated rings. The number of ether oxygens (including phenoxy) is 1. The average molecular weight is 375 g/mol. The van der Waals surface area contributed by atoms with Crippen LogP contribution in [0.3, 0.4) is 0 Å². The Bertz CT molecular complexity index is 859. The van der Waals surface area contributed by atoms with Crippen LogP contribution in [0.4, 0.5) is 0 Å². The summed E-state index contributed by atoms with van der Waals surface area (Å²) in [7, 11) is 0. The minimum absolute atomic E-state index is 0.0355. The van der Waals surface area contributed by atoms with Crippen LogP contribution >= 0.6 is 23.1 Å². The molecule has 1 aliphatic heterocycles. The Kier molecular flexibility index (Phi) is 4.95. The van der Waals surface area contributed by atoms with Gasteiger partial charge in [-0.2, -0.15) is 9.61 Å². The summed E-state index contributed by atoms with van der Waals surface area (Å²) in [5.74, 6) is 0.241. The molecule has 0 radical (unpaired) electrons. The standard InChI is InChI=1S/C16H17N5O2S2/c22-15(17-9-11-3-1-7-23-11)10-25-16-19-18-14-6-5-12(20-21(14)16)13-4-2-8-24-13/h2,4-6,8,11H,1,3,7,9-10H2,(H,17,22)/t11-/m0/s1. The molecule has 25 heavy (non-hydrogen) atoms. The van der Waals surface area contributed by atoms with Gasteiger partial charge in [-0.3, -0.25) is 4.79 Å². The zero-order valence-corrected chi connectivity index (χ0v) is 15.1. The number of hydrogen-bond acceptors (Lipinski definition) is 7. The number of nitrogens with zero attached hydrogens (tertiary/aromatic N) is 4. The van der Waals surface area contributed by atoms with Gasteiger partial charge < -0.3 is 10.1 Å². The van der Waals surface area contributed by atoms with E-state index in [0.717, 1.165) is 30.0 Å². The molecule has 3 aromatic heterocycles. The van der Waals surface area contributed by atoms with Gasteiger partial charge in [0.05, 0.1) is 16.7 Å². The number of rotatable bonds is 6. The molecule has 130 valence electrons. The van der Waals surface area contributed by atoms with Crippen molar-refractivity contribution in [2.75, 3.05) is 18.9 Å². The first-order valence-electron chi connectivity index (χ1n) is 8.07. The highest BCUT2D eigenvalue weighted by molar-refractivity contribution is 7.99. The van der Waals surface area contributed by atoms with E-state index in [4.69, 9.17) is 4.74 Å². The van der Waals surface area contributed by atoms with Crippen molar-refractivity contribution in [2.24, 2.45) is 0 Å². The molecule has 3 aromatic rings. The average Bonchev–Trinajstić information content (AvgIpc) is 3.39. The zero-order chi connectivity index (χ0) is 17.1. The number of thiophene rings is 1. The number of hydrogen-bond donors (Lipinski definition) is 1. The second-order valence-electron chi connectivity index (χ2n) is 5.68. The first-order chi connectivity index (χ1) is 12.3. The number of nitrogens with one attached hydrogen (secondary N) is 1. The second-order valence-corrected chi connectivity index (χ2v) is 7.57. The predicted molar refractivity (Wildman–Crippen MR) is 96.8 cm³/mol. The Hall–Kier alpha value is -1.97. The Morgan fingerprint density at radius 3 is 3.16 bits per heavy atom. The van der Waals surface area contributed by atoms with E-state index in [9.17, 15) is 4.79 Å². The Morgan fingerprint density at radius 1 is 1.40 bits per heavy atom. The summed E-state index contributed by atoms with van der Waals surface area (Å²) in [4.78, 5) is 13.1. The maximum absolute atomic E-state index is 12.0. The topological polar surface area (TPSA) is 81.4 Å². The zero-order valence-electron chi connectivity index (χ0n) is 13.4. The molecule has 9 heteroatoms. The maximum Gasteiger partial charge on any atom is 0.230 e. The van der Waals surface area contributed by atoms with Crippen LogP contribution in [0.1, 0.15) is 12.8 Å². The lowest BCUT2D eigenvalue weighted by Gasteiger charge is -2.10. The second kappa shape index (κ2) is 7.51. The van der Waals surface area contributed by atoms with Crippen molar-refractivity contribution in [3.05, 3.63) is 29.6 Å². The van der Waals surface area contributed by atoms with Gasteiger partial charge in [0.15, 0.2) is 5.65 Å². The summed E-state index contributed by atoms with van der Waals surface area (Å²) in [5, 5.41) is 18.4. The molecule has 1 atom stereocenters. The molecule has 7 nitrogen and oxygen atoms in total. The molecule has 0 bridgehead atoms. The molecule has 0 aromatic carbocycles. The fourth-order valence-electron chi connectivity index (χ4n) is 2.63. The lowest BCUT2D eigenvalue weighted by molar-refractivity contribution is -0.119. The van der Waals surface area contributed by atoms with Crippen molar-refractivity contribution >= 4 is 34.7 Å². The van der Waals surface area contributed by atoms with Gasteiger partial charge in [0, 0.05) is 13.2 Å². The number of thioether (sulfide) groups is 1. The van der Waals surface area contributed by atoms with Crippen LogP contribution in [0.5, 0.6) is 0 Å². The van der Waals surface area contributed by atoms with E-state index in [1.165, 1.54) is 11.8 Å². The van der Waals surface area contributed by atoms with E-state index in [-0.39, 0.29) is 17.8 Å². The van der Waals surface area contributed by atoms with Gasteiger partial charge >= 0.3 is 0 Å². The molecule has 1 aliphatic rings. The fourth-order valence-corrected chi connectivity index (χ4v) is 4.04. The molecule has 1 N–H and O–H groups in total. The third-order valence-corrected chi connectivity index (χ3v) is 5.70. The van der Waals surface area contributed by atoms with Crippen LogP contribution < -0.4 is 5.32 Å². The van der Waals surface area contributed by atoms with Crippen molar-refractivity contribution < 1.29 is 9.53 Å². The molecule has 0 aliphatic carbocycles. The van der Waals surface area contributed by atoms with Crippen molar-refractivity contribution in [1.29, 1.82) is 0 Å². The fraction of sp³-hybridized carbons (Fsp3) is 0.375. The van der Waals surface area contributed by atoms with Crippen LogP contribution in [0.2, 0.25) is 0 Å². The third-order valence-electron chi connectivity index (χ3n) is 3.89. The van der Waals surface area contributed by atoms with E-state index in [1.807, 2.05) is 29.6 Å². The van der Waals surface area contributed by atoms with Crippen molar-refractivity contribution in [3.8, 4) is 10.6 Å². The van der Waals surface area contributed by atoms with E-state index in [2.05, 4.69) is 20.6 Å². The van der Waals surface area contributed by atoms with E-state index < -0.39 is 0 Å². The van der Waals surface area contributed by atoms with Crippen molar-refractivity contribution in [3.63, 3.8) is 0 Å². The molecule has 0 saturated carbocycles. The molecule has 0 unspecified atom stereocenters. The summed E-state index contributed by atoms with van der Waals surface area (Å²) >= 11 is 2.96. The third kappa shape index (κ3) is 3.83. The van der Waals surface area contributed by atoms with Gasteiger partial charge in [-0.15, -0.1) is 21.5 Å². The molecular formula is C16H17N5O2S2. The van der Waals surface area contributed by atoms with Crippen LogP contribution in [0, 0.1) is 0 Å². The first kappa shape index (κ1) is 16.5. The lowest BCUT2D eigenvalue weighted by Crippen LogP contribution is -2.32. The normalized spacial score (nSPS) is 17.2. The largest absolute Gasteiger partial charge is 0.376 e. The van der Waals surface area contributed by atoms with Crippen LogP contribution in [0.25, 0.3) is 16.2 Å². The predicted octanol–water partition coefficient (Wildman–Crippen LogP) is 2.24. The van der Waals surface area contributed by atoms with E-state index in [1.54, 1.807) is 15.9 Å². The Balaban J connectivity index is 1.40. The van der Waals surface area contributed by atoms with Crippen molar-refractivity contribution in [2.45, 2.75) is 24.1 Å². The van der Waals surface area contributed by atoms with E-state index in [0.29, 0.717) is 17.3 Å². The minimum atomic E-state index is -0.0355. The number of fused-ring (bicyclic) bond motifs is 1. The summed E-state index contributed by atoms with van der Waals surface area (Å²) < 4.78 is 7.19. The molecular weight excluding hydrogens is 358 g/mol. The number of amides is 1. The summed E-state index contributed by atoms with van der Waals surface area (Å²) in [6.07, 6.45) is 2.23. The van der Waals surface area contributed by atoms with Gasteiger partial charge in [0.25, 0.3) is 0 Å². The summed E-state index contributed by atoms with van der Waals surface area (Å²) in [6, 6.07) is 7.83. The summed E-state index contributed by atoms with van der Waals surface area (Å²) in [6.45, 7) is 1.36. The number of carbonyl (C=O) groups is 1. The van der Waals surface area contributed by atoms with Crippen LogP contribution in [-0.4, -0.2) is 50.7 Å². The monoisotopic (exact) mass is 375 g/mol. The van der Waals surface area contributed by atoms with Crippen molar-refractivity contribution in [1.82, 2.24) is 25.1 Å². The molecule has 1 amide bonds. The SMILES string of the molecule is O=C(CSc1nnc2ccc(-c3cccs3)nn12)NC[C@@H]1CCCO1. The van der Waals surface area contributed by atoms with Gasteiger partial charge in [-0.05, 0) is 36.4 Å². The Labute approximate surface area is 152 Å². The van der Waals surface area contributed by atoms with Gasteiger partial charge in [0.2, 0.25) is 11.1 Å². The van der Waals surface area contributed by atoms with Gasteiger partial charge in [0.1, 0.15) is 5.69 Å². The quantitative estimate of drug-likeness (QED) is 0.666. The van der Waals surface area contributed by atoms with E-state index >= 15 is 0 Å². The smallest absolute Gasteiger partial charge is 0.230 e. The maximum atomic E-state index is 12.0. The molecule has 1 saturated heterocycles.